The lowest BCUT2D eigenvalue weighted by Gasteiger charge is -2.23. The standard InChI is InChI=1S/C11H25NO3S2/c1-5-10(3)11(12-6-2)9-16(13)7-8-17(4,14)15/h10-12H,5-9H2,1-4H3. The zero-order valence-corrected chi connectivity index (χ0v) is 12.9. The fraction of sp³-hybridized carbons (Fsp3) is 1.00. The Kier molecular flexibility index (Phi) is 8.24. The van der Waals surface area contributed by atoms with E-state index in [9.17, 15) is 12.6 Å². The highest BCUT2D eigenvalue weighted by atomic mass is 32.2. The van der Waals surface area contributed by atoms with Gasteiger partial charge < -0.3 is 5.32 Å². The summed E-state index contributed by atoms with van der Waals surface area (Å²) in [5, 5.41) is 3.32. The Balaban J connectivity index is 4.21. The predicted octanol–water partition coefficient (Wildman–Crippen LogP) is 0.804. The molecule has 0 heterocycles. The van der Waals surface area contributed by atoms with Gasteiger partial charge in [0.1, 0.15) is 9.84 Å². The van der Waals surface area contributed by atoms with Gasteiger partial charge in [0.15, 0.2) is 0 Å². The molecule has 6 heteroatoms. The van der Waals surface area contributed by atoms with E-state index in [1.54, 1.807) is 0 Å². The smallest absolute Gasteiger partial charge is 0.148 e. The predicted molar refractivity (Wildman–Crippen MR) is 74.5 cm³/mol. The van der Waals surface area contributed by atoms with Gasteiger partial charge in [-0.05, 0) is 12.5 Å². The van der Waals surface area contributed by atoms with Crippen LogP contribution in [0.4, 0.5) is 0 Å². The zero-order valence-electron chi connectivity index (χ0n) is 11.2. The second kappa shape index (κ2) is 8.21. The van der Waals surface area contributed by atoms with Crippen LogP contribution >= 0.6 is 0 Å². The maximum Gasteiger partial charge on any atom is 0.148 e. The molecule has 0 saturated heterocycles. The number of nitrogens with one attached hydrogen (secondary N) is 1. The van der Waals surface area contributed by atoms with Crippen molar-refractivity contribution in [1.82, 2.24) is 5.32 Å². The molecule has 4 nitrogen and oxygen atoms in total. The van der Waals surface area contributed by atoms with Gasteiger partial charge in [0.25, 0.3) is 0 Å². The van der Waals surface area contributed by atoms with E-state index in [1.165, 1.54) is 6.26 Å². The van der Waals surface area contributed by atoms with Gasteiger partial charge in [-0.25, -0.2) is 8.42 Å². The summed E-state index contributed by atoms with van der Waals surface area (Å²) < 4.78 is 33.8. The lowest BCUT2D eigenvalue weighted by atomic mass is 10.0. The normalized spacial score (nSPS) is 17.6. The van der Waals surface area contributed by atoms with Crippen LogP contribution in [0.25, 0.3) is 0 Å². The summed E-state index contributed by atoms with van der Waals surface area (Å²) in [6, 6.07) is 0.213. The van der Waals surface area contributed by atoms with E-state index in [0.29, 0.717) is 11.7 Å². The zero-order chi connectivity index (χ0) is 13.5. The fourth-order valence-electron chi connectivity index (χ4n) is 1.50. The van der Waals surface area contributed by atoms with Crippen molar-refractivity contribution in [1.29, 1.82) is 0 Å². The molecule has 0 aliphatic heterocycles. The molecule has 104 valence electrons. The van der Waals surface area contributed by atoms with Gasteiger partial charge in [-0.15, -0.1) is 0 Å². The van der Waals surface area contributed by atoms with Gasteiger partial charge in [-0.2, -0.15) is 0 Å². The van der Waals surface area contributed by atoms with E-state index in [-0.39, 0.29) is 17.5 Å². The van der Waals surface area contributed by atoms with Crippen LogP contribution in [-0.2, 0) is 20.6 Å². The number of hydrogen-bond donors (Lipinski definition) is 1. The highest BCUT2D eigenvalue weighted by Gasteiger charge is 2.18. The Labute approximate surface area is 108 Å². The van der Waals surface area contributed by atoms with Crippen molar-refractivity contribution in [2.24, 2.45) is 5.92 Å². The van der Waals surface area contributed by atoms with Crippen molar-refractivity contribution in [2.75, 3.05) is 30.1 Å². The summed E-state index contributed by atoms with van der Waals surface area (Å²) in [6.45, 7) is 7.10. The first kappa shape index (κ1) is 17.1. The van der Waals surface area contributed by atoms with E-state index in [4.69, 9.17) is 0 Å². The number of hydrogen-bond acceptors (Lipinski definition) is 4. The van der Waals surface area contributed by atoms with Crippen LogP contribution < -0.4 is 5.32 Å². The summed E-state index contributed by atoms with van der Waals surface area (Å²) in [7, 11) is -4.07. The summed E-state index contributed by atoms with van der Waals surface area (Å²) in [6.07, 6.45) is 2.21. The molecule has 0 aromatic heterocycles. The lowest BCUT2D eigenvalue weighted by Crippen LogP contribution is -2.40. The third kappa shape index (κ3) is 8.74. The third-order valence-corrected chi connectivity index (χ3v) is 5.44. The van der Waals surface area contributed by atoms with Gasteiger partial charge in [0, 0.05) is 34.6 Å². The molecule has 3 atom stereocenters. The van der Waals surface area contributed by atoms with Gasteiger partial charge in [0.2, 0.25) is 0 Å². The Morgan fingerprint density at radius 2 is 1.88 bits per heavy atom. The van der Waals surface area contributed by atoms with E-state index in [0.717, 1.165) is 13.0 Å². The van der Waals surface area contributed by atoms with Crippen LogP contribution in [0.1, 0.15) is 27.2 Å². The van der Waals surface area contributed by atoms with E-state index in [2.05, 4.69) is 19.2 Å². The molecule has 0 bridgehead atoms. The molecule has 0 radical (unpaired) electrons. The molecule has 0 aromatic rings. The minimum atomic E-state index is -3.01. The van der Waals surface area contributed by atoms with Gasteiger partial charge in [0.05, 0.1) is 5.75 Å². The maximum absolute atomic E-state index is 11.8. The van der Waals surface area contributed by atoms with Crippen LogP contribution in [0, 0.1) is 5.92 Å². The van der Waals surface area contributed by atoms with Gasteiger partial charge >= 0.3 is 0 Å². The summed E-state index contributed by atoms with van der Waals surface area (Å²) in [5.41, 5.74) is 0. The molecule has 0 saturated carbocycles. The van der Waals surface area contributed by atoms with Gasteiger partial charge in [-0.1, -0.05) is 27.2 Å². The maximum atomic E-state index is 11.8. The molecule has 0 aliphatic carbocycles. The average molecular weight is 283 g/mol. The van der Waals surface area contributed by atoms with Gasteiger partial charge in [-0.3, -0.25) is 4.21 Å². The Hall–Kier alpha value is 0.0600. The average Bonchev–Trinajstić information content (AvgIpc) is 2.24. The molecular formula is C11H25NO3S2. The van der Waals surface area contributed by atoms with Crippen LogP contribution in [-0.4, -0.2) is 48.7 Å². The fourth-order valence-corrected chi connectivity index (χ4v) is 4.47. The second-order valence-electron chi connectivity index (χ2n) is 4.49. The van der Waals surface area contributed by atoms with Crippen molar-refractivity contribution in [3.8, 4) is 0 Å². The van der Waals surface area contributed by atoms with Crippen molar-refractivity contribution in [3.63, 3.8) is 0 Å². The van der Waals surface area contributed by atoms with E-state index < -0.39 is 20.6 Å². The third-order valence-electron chi connectivity index (χ3n) is 2.84. The number of sulfone groups is 1. The number of rotatable bonds is 9. The summed E-state index contributed by atoms with van der Waals surface area (Å²) in [4.78, 5) is 0. The molecular weight excluding hydrogens is 258 g/mol. The van der Waals surface area contributed by atoms with Crippen molar-refractivity contribution in [3.05, 3.63) is 0 Å². The van der Waals surface area contributed by atoms with Crippen LogP contribution in [0.2, 0.25) is 0 Å². The summed E-state index contributed by atoms with van der Waals surface area (Å²) >= 11 is 0. The van der Waals surface area contributed by atoms with Crippen LogP contribution in [0.15, 0.2) is 0 Å². The van der Waals surface area contributed by atoms with E-state index >= 15 is 0 Å². The first-order valence-electron chi connectivity index (χ1n) is 6.06. The SMILES string of the molecule is CCNC(CS(=O)CCS(C)(=O)=O)C(C)CC. The molecule has 1 N–H and O–H groups in total. The quantitative estimate of drug-likeness (QED) is 0.680. The van der Waals surface area contributed by atoms with Crippen molar-refractivity contribution >= 4 is 20.6 Å². The minimum absolute atomic E-state index is 0.0129. The highest BCUT2D eigenvalue weighted by molar-refractivity contribution is 7.92. The minimum Gasteiger partial charge on any atom is -0.313 e. The van der Waals surface area contributed by atoms with Crippen LogP contribution in [0.5, 0.6) is 0 Å². The van der Waals surface area contributed by atoms with Crippen LogP contribution in [0.3, 0.4) is 0 Å². The topological polar surface area (TPSA) is 63.2 Å². The molecule has 0 spiro atoms. The second-order valence-corrected chi connectivity index (χ2v) is 8.37. The Morgan fingerprint density at radius 1 is 1.29 bits per heavy atom. The Morgan fingerprint density at radius 3 is 2.29 bits per heavy atom. The Bertz CT molecular complexity index is 328. The molecule has 0 aromatic carbocycles. The first-order valence-corrected chi connectivity index (χ1v) is 9.61. The monoisotopic (exact) mass is 283 g/mol. The van der Waals surface area contributed by atoms with Crippen molar-refractivity contribution in [2.45, 2.75) is 33.2 Å². The molecule has 0 fully saturated rings. The first-order chi connectivity index (χ1) is 7.80. The largest absolute Gasteiger partial charge is 0.313 e. The molecule has 0 rings (SSSR count). The lowest BCUT2D eigenvalue weighted by molar-refractivity contribution is 0.401. The van der Waals surface area contributed by atoms with E-state index in [1.807, 2.05) is 6.92 Å². The molecule has 17 heavy (non-hydrogen) atoms. The molecule has 3 unspecified atom stereocenters. The van der Waals surface area contributed by atoms with Crippen molar-refractivity contribution < 1.29 is 12.6 Å². The molecule has 0 amide bonds. The highest BCUT2D eigenvalue weighted by Crippen LogP contribution is 2.09. The molecule has 0 aliphatic rings. The summed E-state index contributed by atoms with van der Waals surface area (Å²) in [5.74, 6) is 1.26.